The summed E-state index contributed by atoms with van der Waals surface area (Å²) in [6.45, 7) is 7.15. The monoisotopic (exact) mass is 339 g/mol. The second-order valence-electron chi connectivity index (χ2n) is 6.33. The van der Waals surface area contributed by atoms with Crippen molar-refractivity contribution < 1.29 is 9.47 Å². The maximum Gasteiger partial charge on any atom is 0.193 e. The molecule has 0 saturated heterocycles. The van der Waals surface area contributed by atoms with E-state index in [1.807, 2.05) is 44.2 Å². The summed E-state index contributed by atoms with van der Waals surface area (Å²) in [4.78, 5) is 4.45. The quantitative estimate of drug-likeness (QED) is 0.644. The summed E-state index contributed by atoms with van der Waals surface area (Å²) in [5, 5.41) is 3.11. The molecular formula is C20H25N3O2. The fourth-order valence-corrected chi connectivity index (χ4v) is 2.89. The lowest BCUT2D eigenvalue weighted by Crippen LogP contribution is -2.22. The molecule has 5 nitrogen and oxygen atoms in total. The number of anilines is 1. The number of hydrogen-bond acceptors (Lipinski definition) is 3. The van der Waals surface area contributed by atoms with Gasteiger partial charge in [-0.2, -0.15) is 0 Å². The normalized spacial score (nSPS) is 16.3. The largest absolute Gasteiger partial charge is 0.494 e. The molecular weight excluding hydrogens is 314 g/mol. The van der Waals surface area contributed by atoms with Crippen LogP contribution in [0.3, 0.4) is 0 Å². The van der Waals surface area contributed by atoms with Crippen molar-refractivity contribution in [2.75, 3.05) is 11.9 Å². The van der Waals surface area contributed by atoms with E-state index in [0.29, 0.717) is 19.1 Å². The Balaban J connectivity index is 1.75. The minimum Gasteiger partial charge on any atom is -0.494 e. The van der Waals surface area contributed by atoms with Gasteiger partial charge in [-0.1, -0.05) is 17.7 Å². The number of ether oxygens (including phenoxy) is 2. The van der Waals surface area contributed by atoms with E-state index in [-0.39, 0.29) is 6.10 Å². The van der Waals surface area contributed by atoms with Crippen LogP contribution in [0.4, 0.5) is 5.69 Å². The SMILES string of the molecule is CCOc1cc2c(cc1CN=C(N)Nc1ccc(C)cc1)OC(C)C2. The predicted octanol–water partition coefficient (Wildman–Crippen LogP) is 3.64. The first-order valence-corrected chi connectivity index (χ1v) is 8.64. The number of aliphatic imine (C=N–C) groups is 1. The number of benzene rings is 2. The van der Waals surface area contributed by atoms with Crippen molar-refractivity contribution in [1.29, 1.82) is 0 Å². The molecule has 5 heteroatoms. The van der Waals surface area contributed by atoms with Gasteiger partial charge in [0.15, 0.2) is 5.96 Å². The van der Waals surface area contributed by atoms with E-state index in [1.54, 1.807) is 0 Å². The van der Waals surface area contributed by atoms with Crippen LogP contribution in [0, 0.1) is 6.92 Å². The predicted molar refractivity (Wildman–Crippen MR) is 102 cm³/mol. The van der Waals surface area contributed by atoms with Crippen LogP contribution in [0.1, 0.15) is 30.5 Å². The number of nitrogens with two attached hydrogens (primary N) is 1. The summed E-state index contributed by atoms with van der Waals surface area (Å²) in [5.41, 5.74) is 10.3. The van der Waals surface area contributed by atoms with Gasteiger partial charge < -0.3 is 20.5 Å². The molecule has 0 radical (unpaired) electrons. The van der Waals surface area contributed by atoms with E-state index in [1.165, 1.54) is 11.1 Å². The molecule has 0 aliphatic carbocycles. The third kappa shape index (κ3) is 4.24. The highest BCUT2D eigenvalue weighted by molar-refractivity contribution is 5.92. The highest BCUT2D eigenvalue weighted by atomic mass is 16.5. The summed E-state index contributed by atoms with van der Waals surface area (Å²) in [7, 11) is 0. The second-order valence-corrected chi connectivity index (χ2v) is 6.33. The lowest BCUT2D eigenvalue weighted by atomic mass is 10.1. The van der Waals surface area contributed by atoms with Gasteiger partial charge in [-0.15, -0.1) is 0 Å². The minimum atomic E-state index is 0.205. The van der Waals surface area contributed by atoms with Gasteiger partial charge in [0.25, 0.3) is 0 Å². The highest BCUT2D eigenvalue weighted by Crippen LogP contribution is 2.35. The van der Waals surface area contributed by atoms with Crippen molar-refractivity contribution in [3.63, 3.8) is 0 Å². The van der Waals surface area contributed by atoms with Gasteiger partial charge in [0, 0.05) is 23.2 Å². The number of hydrogen-bond donors (Lipinski definition) is 2. The molecule has 3 rings (SSSR count). The van der Waals surface area contributed by atoms with E-state index < -0.39 is 0 Å². The van der Waals surface area contributed by atoms with E-state index in [9.17, 15) is 0 Å². The smallest absolute Gasteiger partial charge is 0.193 e. The van der Waals surface area contributed by atoms with Crippen LogP contribution in [0.15, 0.2) is 41.4 Å². The van der Waals surface area contributed by atoms with Gasteiger partial charge in [0.1, 0.15) is 17.6 Å². The van der Waals surface area contributed by atoms with Gasteiger partial charge in [0.2, 0.25) is 0 Å². The minimum absolute atomic E-state index is 0.205. The molecule has 0 spiro atoms. The number of nitrogens with zero attached hydrogens (tertiary/aromatic N) is 1. The van der Waals surface area contributed by atoms with Crippen LogP contribution >= 0.6 is 0 Å². The Bertz CT molecular complexity index is 769. The average Bonchev–Trinajstić information content (AvgIpc) is 2.94. The zero-order chi connectivity index (χ0) is 17.8. The fourth-order valence-electron chi connectivity index (χ4n) is 2.89. The van der Waals surface area contributed by atoms with Gasteiger partial charge >= 0.3 is 0 Å². The van der Waals surface area contributed by atoms with Crippen molar-refractivity contribution in [2.24, 2.45) is 10.7 Å². The molecule has 2 aromatic carbocycles. The number of guanidine groups is 1. The Kier molecular flexibility index (Phi) is 5.12. The van der Waals surface area contributed by atoms with E-state index >= 15 is 0 Å². The molecule has 0 aromatic heterocycles. The molecule has 0 fully saturated rings. The Hall–Kier alpha value is -2.69. The number of rotatable bonds is 5. The summed E-state index contributed by atoms with van der Waals surface area (Å²) >= 11 is 0. The third-order valence-corrected chi connectivity index (χ3v) is 4.12. The zero-order valence-electron chi connectivity index (χ0n) is 15.0. The van der Waals surface area contributed by atoms with Crippen molar-refractivity contribution >= 4 is 11.6 Å². The molecule has 25 heavy (non-hydrogen) atoms. The number of fused-ring (bicyclic) bond motifs is 1. The van der Waals surface area contributed by atoms with Gasteiger partial charge in [-0.3, -0.25) is 0 Å². The molecule has 3 N–H and O–H groups in total. The Morgan fingerprint density at radius 1 is 1.32 bits per heavy atom. The zero-order valence-corrected chi connectivity index (χ0v) is 15.0. The number of nitrogens with one attached hydrogen (secondary N) is 1. The van der Waals surface area contributed by atoms with Gasteiger partial charge in [0.05, 0.1) is 13.2 Å². The summed E-state index contributed by atoms with van der Waals surface area (Å²) in [6.07, 6.45) is 1.12. The van der Waals surface area contributed by atoms with E-state index in [0.717, 1.165) is 29.2 Å². The lowest BCUT2D eigenvalue weighted by Gasteiger charge is -2.12. The highest BCUT2D eigenvalue weighted by Gasteiger charge is 2.21. The van der Waals surface area contributed by atoms with E-state index in [4.69, 9.17) is 15.2 Å². The topological polar surface area (TPSA) is 68.9 Å². The van der Waals surface area contributed by atoms with Crippen LogP contribution < -0.4 is 20.5 Å². The average molecular weight is 339 g/mol. The van der Waals surface area contributed by atoms with Crippen molar-refractivity contribution in [3.8, 4) is 11.5 Å². The van der Waals surface area contributed by atoms with Crippen LogP contribution in [-0.2, 0) is 13.0 Å². The van der Waals surface area contributed by atoms with E-state index in [2.05, 4.69) is 23.3 Å². The lowest BCUT2D eigenvalue weighted by molar-refractivity contribution is 0.254. The van der Waals surface area contributed by atoms with Crippen LogP contribution in [0.5, 0.6) is 11.5 Å². The summed E-state index contributed by atoms with van der Waals surface area (Å²) in [5.74, 6) is 2.15. The second kappa shape index (κ2) is 7.47. The van der Waals surface area contributed by atoms with Crippen molar-refractivity contribution in [2.45, 2.75) is 39.8 Å². The first-order valence-electron chi connectivity index (χ1n) is 8.64. The fraction of sp³-hybridized carbons (Fsp3) is 0.350. The van der Waals surface area contributed by atoms with Crippen LogP contribution in [-0.4, -0.2) is 18.7 Å². The molecule has 1 heterocycles. The Morgan fingerprint density at radius 2 is 2.08 bits per heavy atom. The van der Waals surface area contributed by atoms with Crippen LogP contribution in [0.2, 0.25) is 0 Å². The molecule has 1 atom stereocenters. The molecule has 1 aliphatic rings. The van der Waals surface area contributed by atoms with Crippen molar-refractivity contribution in [3.05, 3.63) is 53.1 Å². The standard InChI is InChI=1S/C20H25N3O2/c1-4-24-18-10-15-9-14(3)25-19(15)11-16(18)12-22-20(21)23-17-7-5-13(2)6-8-17/h5-8,10-11,14H,4,9,12H2,1-3H3,(H3,21,22,23). The number of aryl methyl sites for hydroxylation is 1. The van der Waals surface area contributed by atoms with Gasteiger partial charge in [-0.05, 0) is 45.0 Å². The maximum absolute atomic E-state index is 6.02. The summed E-state index contributed by atoms with van der Waals surface area (Å²) < 4.78 is 11.6. The first kappa shape index (κ1) is 17.1. The van der Waals surface area contributed by atoms with Crippen LogP contribution in [0.25, 0.3) is 0 Å². The van der Waals surface area contributed by atoms with Gasteiger partial charge in [-0.25, -0.2) is 4.99 Å². The Morgan fingerprint density at radius 3 is 2.80 bits per heavy atom. The van der Waals surface area contributed by atoms with Crippen molar-refractivity contribution in [1.82, 2.24) is 0 Å². The molecule has 1 unspecified atom stereocenters. The molecule has 1 aliphatic heterocycles. The molecule has 0 bridgehead atoms. The maximum atomic E-state index is 6.02. The molecule has 0 amide bonds. The first-order chi connectivity index (χ1) is 12.0. The summed E-state index contributed by atoms with van der Waals surface area (Å²) in [6, 6.07) is 12.1. The molecule has 0 saturated carbocycles. The molecule has 2 aromatic rings. The third-order valence-electron chi connectivity index (χ3n) is 4.12. The molecule has 132 valence electrons. The Labute approximate surface area is 148 Å².